The van der Waals surface area contributed by atoms with E-state index in [2.05, 4.69) is 9.97 Å². The SMILES string of the molecule is COc1cc(OC)nc(OC(C(=O)O)C(OC)(c2ccccc2)c2ccccc2Cl)n1. The highest BCUT2D eigenvalue weighted by molar-refractivity contribution is 6.31. The minimum atomic E-state index is -1.62. The molecule has 2 unspecified atom stereocenters. The summed E-state index contributed by atoms with van der Waals surface area (Å²) in [5.74, 6) is -1.02. The van der Waals surface area contributed by atoms with E-state index in [1.54, 1.807) is 48.5 Å². The number of aromatic nitrogens is 2. The Hall–Kier alpha value is -3.36. The zero-order chi connectivity index (χ0) is 22.4. The third-order valence-corrected chi connectivity index (χ3v) is 5.02. The molecular formula is C22H21ClN2O6. The van der Waals surface area contributed by atoms with E-state index < -0.39 is 17.7 Å². The maximum Gasteiger partial charge on any atom is 0.348 e. The van der Waals surface area contributed by atoms with Gasteiger partial charge in [0.25, 0.3) is 0 Å². The van der Waals surface area contributed by atoms with E-state index in [0.29, 0.717) is 16.1 Å². The van der Waals surface area contributed by atoms with Crippen LogP contribution in [0.3, 0.4) is 0 Å². The number of carboxylic acids is 1. The maximum atomic E-state index is 12.5. The number of hydrogen-bond donors (Lipinski definition) is 1. The molecule has 0 saturated heterocycles. The van der Waals surface area contributed by atoms with Crippen molar-refractivity contribution in [1.82, 2.24) is 9.97 Å². The van der Waals surface area contributed by atoms with Crippen LogP contribution in [0.1, 0.15) is 11.1 Å². The third-order valence-electron chi connectivity index (χ3n) is 4.69. The van der Waals surface area contributed by atoms with Crippen molar-refractivity contribution in [1.29, 1.82) is 0 Å². The molecule has 0 aliphatic carbocycles. The molecule has 2 atom stereocenters. The predicted octanol–water partition coefficient (Wildman–Crippen LogP) is 3.57. The van der Waals surface area contributed by atoms with Crippen LogP contribution < -0.4 is 14.2 Å². The molecule has 1 heterocycles. The highest BCUT2D eigenvalue weighted by Gasteiger charge is 2.50. The highest BCUT2D eigenvalue weighted by Crippen LogP contribution is 2.41. The number of methoxy groups -OCH3 is 3. The molecule has 1 N–H and O–H groups in total. The third kappa shape index (κ3) is 4.40. The Balaban J connectivity index is 2.23. The van der Waals surface area contributed by atoms with Crippen LogP contribution in [0.2, 0.25) is 5.02 Å². The van der Waals surface area contributed by atoms with Gasteiger partial charge in [0.1, 0.15) is 0 Å². The quantitative estimate of drug-likeness (QED) is 0.534. The first kappa shape index (κ1) is 22.3. The van der Waals surface area contributed by atoms with Gasteiger partial charge < -0.3 is 24.1 Å². The van der Waals surface area contributed by atoms with Crippen LogP contribution in [0.25, 0.3) is 0 Å². The Bertz CT molecular complexity index is 1030. The monoisotopic (exact) mass is 444 g/mol. The van der Waals surface area contributed by atoms with E-state index in [1.165, 1.54) is 27.4 Å². The average molecular weight is 445 g/mol. The van der Waals surface area contributed by atoms with Crippen LogP contribution in [0.4, 0.5) is 0 Å². The number of aliphatic carboxylic acids is 1. The normalized spacial score (nSPS) is 13.7. The topological polar surface area (TPSA) is 100 Å². The molecule has 0 spiro atoms. The lowest BCUT2D eigenvalue weighted by Gasteiger charge is -2.38. The van der Waals surface area contributed by atoms with E-state index in [-0.39, 0.29) is 17.8 Å². The molecule has 2 aromatic carbocycles. The summed E-state index contributed by atoms with van der Waals surface area (Å²) in [6.45, 7) is 0. The van der Waals surface area contributed by atoms with Crippen molar-refractivity contribution in [3.05, 3.63) is 76.8 Å². The fourth-order valence-corrected chi connectivity index (χ4v) is 3.57. The van der Waals surface area contributed by atoms with Crippen molar-refractivity contribution in [2.45, 2.75) is 11.7 Å². The number of hydrogen-bond acceptors (Lipinski definition) is 7. The van der Waals surface area contributed by atoms with Crippen LogP contribution in [0, 0.1) is 0 Å². The van der Waals surface area contributed by atoms with Gasteiger partial charge in [-0.25, -0.2) is 4.79 Å². The molecule has 0 radical (unpaired) electrons. The number of benzene rings is 2. The Morgan fingerprint density at radius 2 is 1.55 bits per heavy atom. The highest BCUT2D eigenvalue weighted by atomic mass is 35.5. The second kappa shape index (κ2) is 9.63. The van der Waals surface area contributed by atoms with Gasteiger partial charge >= 0.3 is 12.0 Å². The van der Waals surface area contributed by atoms with Crippen molar-refractivity contribution in [2.75, 3.05) is 21.3 Å². The van der Waals surface area contributed by atoms with Crippen LogP contribution in [0.15, 0.2) is 60.7 Å². The summed E-state index contributed by atoms with van der Waals surface area (Å²) in [6, 6.07) is 16.8. The maximum absolute atomic E-state index is 12.5. The van der Waals surface area contributed by atoms with Crippen LogP contribution >= 0.6 is 11.6 Å². The lowest BCUT2D eigenvalue weighted by atomic mass is 9.81. The lowest BCUT2D eigenvalue weighted by Crippen LogP contribution is -2.51. The minimum absolute atomic E-state index is 0.145. The number of carbonyl (C=O) groups is 1. The average Bonchev–Trinajstić information content (AvgIpc) is 2.80. The summed E-state index contributed by atoms with van der Waals surface area (Å²) < 4.78 is 22.0. The number of rotatable bonds is 9. The molecular weight excluding hydrogens is 424 g/mol. The lowest BCUT2D eigenvalue weighted by molar-refractivity contribution is -0.160. The molecule has 31 heavy (non-hydrogen) atoms. The van der Waals surface area contributed by atoms with Crippen molar-refractivity contribution >= 4 is 17.6 Å². The fraction of sp³-hybridized carbons (Fsp3) is 0.227. The molecule has 0 bridgehead atoms. The summed E-state index contributed by atoms with van der Waals surface area (Å²) in [6.07, 6.45) is -1.61. The number of halogens is 1. The standard InChI is InChI=1S/C22H21ClN2O6/c1-28-17-13-18(29-2)25-21(24-17)31-19(20(26)27)22(30-3,14-9-5-4-6-10-14)15-11-7-8-12-16(15)23/h4-13,19H,1-3H3,(H,26,27). The largest absolute Gasteiger partial charge is 0.481 e. The number of nitrogens with zero attached hydrogens (tertiary/aromatic N) is 2. The van der Waals surface area contributed by atoms with Crippen LogP contribution in [-0.2, 0) is 15.1 Å². The molecule has 0 aliphatic heterocycles. The van der Waals surface area contributed by atoms with E-state index in [1.807, 2.05) is 6.07 Å². The van der Waals surface area contributed by atoms with E-state index in [0.717, 1.165) is 0 Å². The zero-order valence-corrected chi connectivity index (χ0v) is 17.9. The van der Waals surface area contributed by atoms with Crippen molar-refractivity contribution in [3.63, 3.8) is 0 Å². The number of carboxylic acid groups (broad SMARTS) is 1. The minimum Gasteiger partial charge on any atom is -0.481 e. The van der Waals surface area contributed by atoms with E-state index in [9.17, 15) is 9.90 Å². The van der Waals surface area contributed by atoms with Gasteiger partial charge in [0.2, 0.25) is 17.9 Å². The Morgan fingerprint density at radius 1 is 0.968 bits per heavy atom. The molecule has 3 rings (SSSR count). The van der Waals surface area contributed by atoms with Gasteiger partial charge in [-0.1, -0.05) is 60.1 Å². The number of ether oxygens (including phenoxy) is 4. The van der Waals surface area contributed by atoms with Crippen LogP contribution in [0.5, 0.6) is 17.8 Å². The molecule has 0 fully saturated rings. The summed E-state index contributed by atoms with van der Waals surface area (Å²) in [5, 5.41) is 10.5. The second-order valence-corrected chi connectivity index (χ2v) is 6.76. The Labute approximate surface area is 184 Å². The van der Waals surface area contributed by atoms with Gasteiger partial charge in [0, 0.05) is 17.7 Å². The molecule has 0 aliphatic rings. The van der Waals surface area contributed by atoms with E-state index >= 15 is 0 Å². The first-order chi connectivity index (χ1) is 15.0. The molecule has 0 saturated carbocycles. The molecule has 9 heteroatoms. The second-order valence-electron chi connectivity index (χ2n) is 6.36. The summed E-state index contributed by atoms with van der Waals surface area (Å²) in [5.41, 5.74) is -0.689. The molecule has 1 aromatic heterocycles. The van der Waals surface area contributed by atoms with Gasteiger partial charge in [0.15, 0.2) is 5.60 Å². The molecule has 8 nitrogen and oxygen atoms in total. The zero-order valence-electron chi connectivity index (χ0n) is 17.1. The van der Waals surface area contributed by atoms with Gasteiger partial charge in [-0.05, 0) is 11.6 Å². The molecule has 0 amide bonds. The summed E-state index contributed by atoms with van der Waals surface area (Å²) >= 11 is 6.48. The fourth-order valence-electron chi connectivity index (χ4n) is 3.29. The van der Waals surface area contributed by atoms with Crippen molar-refractivity contribution in [3.8, 4) is 17.8 Å². The first-order valence-corrected chi connectivity index (χ1v) is 9.56. The van der Waals surface area contributed by atoms with Gasteiger partial charge in [-0.15, -0.1) is 0 Å². The summed E-state index contributed by atoms with van der Waals surface area (Å²) in [7, 11) is 4.21. The van der Waals surface area contributed by atoms with Crippen molar-refractivity contribution in [2.24, 2.45) is 0 Å². The van der Waals surface area contributed by atoms with Crippen LogP contribution in [-0.4, -0.2) is 48.5 Å². The Kier molecular flexibility index (Phi) is 6.94. The van der Waals surface area contributed by atoms with Crippen molar-refractivity contribution < 1.29 is 28.8 Å². The molecule has 3 aromatic rings. The van der Waals surface area contributed by atoms with Gasteiger partial charge in [-0.2, -0.15) is 9.97 Å². The van der Waals surface area contributed by atoms with Gasteiger partial charge in [0.05, 0.1) is 20.3 Å². The molecule has 162 valence electrons. The first-order valence-electron chi connectivity index (χ1n) is 9.18. The predicted molar refractivity (Wildman–Crippen MR) is 113 cm³/mol. The van der Waals surface area contributed by atoms with Gasteiger partial charge in [-0.3, -0.25) is 0 Å². The van der Waals surface area contributed by atoms with E-state index in [4.69, 9.17) is 30.5 Å². The smallest absolute Gasteiger partial charge is 0.348 e. The Morgan fingerprint density at radius 3 is 2.06 bits per heavy atom. The summed E-state index contributed by atoms with van der Waals surface area (Å²) in [4.78, 5) is 20.7.